The first-order chi connectivity index (χ1) is 13.7. The molecule has 1 aromatic heterocycles. The van der Waals surface area contributed by atoms with E-state index in [4.69, 9.17) is 0 Å². The summed E-state index contributed by atoms with van der Waals surface area (Å²) in [5.74, 6) is -0.320. The Morgan fingerprint density at radius 1 is 1.11 bits per heavy atom. The van der Waals surface area contributed by atoms with Crippen molar-refractivity contribution in [2.75, 3.05) is 13.1 Å². The molecule has 0 radical (unpaired) electrons. The molecule has 1 unspecified atom stereocenters. The fourth-order valence-electron chi connectivity index (χ4n) is 4.41. The van der Waals surface area contributed by atoms with Crippen molar-refractivity contribution in [2.24, 2.45) is 0 Å². The van der Waals surface area contributed by atoms with Gasteiger partial charge >= 0.3 is 0 Å². The lowest BCUT2D eigenvalue weighted by Crippen LogP contribution is -2.66. The summed E-state index contributed by atoms with van der Waals surface area (Å²) in [4.78, 5) is 15.3. The van der Waals surface area contributed by atoms with Crippen molar-refractivity contribution >= 4 is 27.5 Å². The number of nitrogens with zero attached hydrogens (tertiary/aromatic N) is 2. The van der Waals surface area contributed by atoms with Crippen LogP contribution < -0.4 is 5.32 Å². The van der Waals surface area contributed by atoms with E-state index in [1.165, 1.54) is 49.3 Å². The fourth-order valence-corrected chi connectivity index (χ4v) is 5.23. The van der Waals surface area contributed by atoms with Gasteiger partial charge in [0, 0.05) is 18.0 Å². The van der Waals surface area contributed by atoms with Crippen LogP contribution in [0.3, 0.4) is 0 Å². The molecule has 1 amide bonds. The highest BCUT2D eigenvalue weighted by Gasteiger charge is 2.40. The predicted octanol–water partition coefficient (Wildman–Crippen LogP) is 4.46. The Morgan fingerprint density at radius 2 is 1.93 bits per heavy atom. The number of nitrogens with one attached hydrogen (secondary N) is 1. The van der Waals surface area contributed by atoms with E-state index in [1.807, 2.05) is 18.2 Å². The number of amides is 1. The molecule has 1 N–H and O–H groups in total. The van der Waals surface area contributed by atoms with Crippen LogP contribution in [0.15, 0.2) is 42.5 Å². The van der Waals surface area contributed by atoms with Crippen LogP contribution in [0.25, 0.3) is 21.2 Å². The van der Waals surface area contributed by atoms with Gasteiger partial charge in [-0.3, -0.25) is 9.69 Å². The molecular formula is C22H22FN3OS. The summed E-state index contributed by atoms with van der Waals surface area (Å²) in [7, 11) is 0. The third kappa shape index (κ3) is 3.20. The first-order valence-corrected chi connectivity index (χ1v) is 10.7. The molecule has 2 aliphatic rings. The third-order valence-corrected chi connectivity index (χ3v) is 6.80. The van der Waals surface area contributed by atoms with Gasteiger partial charge in [0.1, 0.15) is 11.5 Å². The molecule has 2 saturated heterocycles. The lowest BCUT2D eigenvalue weighted by atomic mass is 9.93. The molecule has 3 aromatic rings. The zero-order valence-corrected chi connectivity index (χ0v) is 16.3. The Balaban J connectivity index is 1.34. The van der Waals surface area contributed by atoms with Crippen LogP contribution in [0.4, 0.5) is 4.39 Å². The minimum atomic E-state index is -0.246. The second-order valence-electron chi connectivity index (χ2n) is 7.74. The first kappa shape index (κ1) is 17.8. The summed E-state index contributed by atoms with van der Waals surface area (Å²) in [5, 5.41) is 4.09. The Morgan fingerprint density at radius 3 is 2.79 bits per heavy atom. The van der Waals surface area contributed by atoms with Crippen LogP contribution in [0.1, 0.15) is 36.2 Å². The third-order valence-electron chi connectivity index (χ3n) is 5.99. The van der Waals surface area contributed by atoms with Gasteiger partial charge in [0.15, 0.2) is 0 Å². The van der Waals surface area contributed by atoms with Crippen molar-refractivity contribution in [3.8, 4) is 11.1 Å². The number of carbonyl (C=O) groups excluding carboxylic acids is 1. The smallest absolute Gasteiger partial charge is 0.271 e. The van der Waals surface area contributed by atoms with Crippen LogP contribution in [0.2, 0.25) is 0 Å². The summed E-state index contributed by atoms with van der Waals surface area (Å²) in [5.41, 5.74) is 2.46. The van der Waals surface area contributed by atoms with Gasteiger partial charge in [-0.05, 0) is 60.2 Å². The second-order valence-corrected chi connectivity index (χ2v) is 8.55. The molecule has 0 bridgehead atoms. The van der Waals surface area contributed by atoms with Gasteiger partial charge in [-0.25, -0.2) is 4.39 Å². The zero-order valence-electron chi connectivity index (χ0n) is 15.5. The summed E-state index contributed by atoms with van der Waals surface area (Å²) >= 11 is 1.34. The normalized spacial score (nSPS) is 22.3. The Hall–Kier alpha value is -2.31. The lowest BCUT2D eigenvalue weighted by molar-refractivity contribution is 0.0410. The van der Waals surface area contributed by atoms with Crippen molar-refractivity contribution in [1.82, 2.24) is 14.6 Å². The van der Waals surface area contributed by atoms with Crippen molar-refractivity contribution < 1.29 is 9.18 Å². The molecule has 4 nitrogen and oxygen atoms in total. The number of hydrogen-bond acceptors (Lipinski definition) is 4. The minimum Gasteiger partial charge on any atom is -0.345 e. The van der Waals surface area contributed by atoms with E-state index >= 15 is 0 Å². The predicted molar refractivity (Wildman–Crippen MR) is 110 cm³/mol. The summed E-state index contributed by atoms with van der Waals surface area (Å²) in [6, 6.07) is 13.1. The molecule has 2 atom stereocenters. The van der Waals surface area contributed by atoms with Crippen LogP contribution in [-0.4, -0.2) is 40.4 Å². The van der Waals surface area contributed by atoms with E-state index in [9.17, 15) is 9.18 Å². The van der Waals surface area contributed by atoms with E-state index in [0.717, 1.165) is 34.3 Å². The highest BCUT2D eigenvalue weighted by atomic mass is 32.1. The SMILES string of the molecule is O=C(N[C@H]1CN2CCCCCC12)c1nsc2cc(-c3ccc(F)cc3)ccc12. The molecule has 0 aliphatic carbocycles. The van der Waals surface area contributed by atoms with Gasteiger partial charge < -0.3 is 5.32 Å². The van der Waals surface area contributed by atoms with Gasteiger partial charge in [-0.1, -0.05) is 37.1 Å². The monoisotopic (exact) mass is 395 g/mol. The molecule has 0 spiro atoms. The average Bonchev–Trinajstić information content (AvgIpc) is 3.03. The molecule has 144 valence electrons. The second kappa shape index (κ2) is 7.26. The lowest BCUT2D eigenvalue weighted by Gasteiger charge is -2.47. The number of benzene rings is 2. The molecule has 2 aliphatic heterocycles. The van der Waals surface area contributed by atoms with Crippen molar-refractivity contribution in [2.45, 2.75) is 37.8 Å². The number of aromatic nitrogens is 1. The Bertz CT molecular complexity index is 1020. The van der Waals surface area contributed by atoms with Gasteiger partial charge in [0.05, 0.1) is 10.7 Å². The van der Waals surface area contributed by atoms with E-state index < -0.39 is 0 Å². The number of halogens is 1. The summed E-state index contributed by atoms with van der Waals surface area (Å²) in [6.07, 6.45) is 4.98. The number of carbonyl (C=O) groups is 1. The van der Waals surface area contributed by atoms with Crippen LogP contribution >= 0.6 is 11.5 Å². The average molecular weight is 396 g/mol. The zero-order chi connectivity index (χ0) is 19.1. The van der Waals surface area contributed by atoms with Crippen LogP contribution in [0, 0.1) is 5.82 Å². The molecule has 5 rings (SSSR count). The largest absolute Gasteiger partial charge is 0.345 e. The van der Waals surface area contributed by atoms with Crippen LogP contribution in [0.5, 0.6) is 0 Å². The summed E-state index contributed by atoms with van der Waals surface area (Å²) in [6.45, 7) is 2.11. The van der Waals surface area contributed by atoms with Gasteiger partial charge in [0.25, 0.3) is 5.91 Å². The standard InChI is InChI=1S/C22H22FN3OS/c23-16-8-5-14(6-9-16)15-7-10-17-20(12-15)28-25-21(17)22(27)24-18-13-26-11-3-1-2-4-19(18)26/h5-10,12,18-19H,1-4,11,13H2,(H,24,27)/t18-,19?/m0/s1. The topological polar surface area (TPSA) is 45.2 Å². The molecule has 3 heterocycles. The molecule has 2 fully saturated rings. The molecular weight excluding hydrogens is 373 g/mol. The maximum atomic E-state index is 13.2. The van der Waals surface area contributed by atoms with Gasteiger partial charge in [-0.2, -0.15) is 4.37 Å². The maximum absolute atomic E-state index is 13.2. The summed E-state index contributed by atoms with van der Waals surface area (Å²) < 4.78 is 18.6. The van der Waals surface area contributed by atoms with Crippen molar-refractivity contribution in [1.29, 1.82) is 0 Å². The molecule has 2 aromatic carbocycles. The van der Waals surface area contributed by atoms with Crippen LogP contribution in [-0.2, 0) is 0 Å². The molecule has 28 heavy (non-hydrogen) atoms. The van der Waals surface area contributed by atoms with Crippen molar-refractivity contribution in [3.05, 3.63) is 54.0 Å². The quantitative estimate of drug-likeness (QED) is 0.712. The minimum absolute atomic E-state index is 0.0744. The molecule has 0 saturated carbocycles. The van der Waals surface area contributed by atoms with E-state index in [0.29, 0.717) is 11.7 Å². The van der Waals surface area contributed by atoms with E-state index in [2.05, 4.69) is 14.6 Å². The van der Waals surface area contributed by atoms with Gasteiger partial charge in [-0.15, -0.1) is 0 Å². The fraction of sp³-hybridized carbons (Fsp3) is 0.364. The number of rotatable bonds is 3. The van der Waals surface area contributed by atoms with Crippen molar-refractivity contribution in [3.63, 3.8) is 0 Å². The van der Waals surface area contributed by atoms with E-state index in [-0.39, 0.29) is 17.8 Å². The Labute approximate surface area is 167 Å². The van der Waals surface area contributed by atoms with Gasteiger partial charge in [0.2, 0.25) is 0 Å². The Kier molecular flexibility index (Phi) is 4.61. The number of fused-ring (bicyclic) bond motifs is 2. The number of hydrogen-bond donors (Lipinski definition) is 1. The maximum Gasteiger partial charge on any atom is 0.271 e. The molecule has 6 heteroatoms. The highest BCUT2D eigenvalue weighted by molar-refractivity contribution is 7.13. The van der Waals surface area contributed by atoms with E-state index in [1.54, 1.807) is 12.1 Å². The first-order valence-electron chi connectivity index (χ1n) is 9.89. The highest BCUT2D eigenvalue weighted by Crippen LogP contribution is 2.31.